The quantitative estimate of drug-likeness (QED) is 0.186. The number of aliphatic carboxylic acids is 1. The molecule has 1 atom stereocenters. The minimum absolute atomic E-state index is 0. The number of rotatable bonds is 17. The number of carbonyl (C=O) groups is 1. The van der Waals surface area contributed by atoms with Gasteiger partial charge in [0.25, 0.3) is 0 Å². The fourth-order valence-corrected chi connectivity index (χ4v) is 5.39. The highest BCUT2D eigenvalue weighted by molar-refractivity contribution is 6.30. The molecule has 40 heavy (non-hydrogen) atoms. The SMILES string of the molecule is CCCCCCCCCCCCCCCC(=O)O.CN1CCN(C(c2ccccc2)c2ccc(Cl)cc2)CC1.Cl. The minimum Gasteiger partial charge on any atom is -0.481 e. The van der Waals surface area contributed by atoms with E-state index in [2.05, 4.69) is 66.2 Å². The zero-order chi connectivity index (χ0) is 28.1. The molecule has 1 heterocycles. The van der Waals surface area contributed by atoms with Crippen molar-refractivity contribution in [1.29, 1.82) is 0 Å². The molecular weight excluding hydrogens is 539 g/mol. The summed E-state index contributed by atoms with van der Waals surface area (Å²) < 4.78 is 0. The van der Waals surface area contributed by atoms with Crippen molar-refractivity contribution in [2.75, 3.05) is 33.2 Å². The first-order chi connectivity index (χ1) is 19.0. The van der Waals surface area contributed by atoms with Crippen LogP contribution in [0.2, 0.25) is 5.02 Å². The molecule has 0 aromatic heterocycles. The molecule has 0 saturated carbocycles. The molecule has 1 aliphatic rings. The molecule has 1 unspecified atom stereocenters. The second-order valence-corrected chi connectivity index (χ2v) is 11.5. The van der Waals surface area contributed by atoms with Gasteiger partial charge in [-0.25, -0.2) is 0 Å². The van der Waals surface area contributed by atoms with Gasteiger partial charge in [-0.15, -0.1) is 12.4 Å². The molecular formula is C34H54Cl2N2O2. The van der Waals surface area contributed by atoms with Crippen molar-refractivity contribution in [3.63, 3.8) is 0 Å². The van der Waals surface area contributed by atoms with Crippen LogP contribution in [0.3, 0.4) is 0 Å². The number of piperazine rings is 1. The molecule has 4 nitrogen and oxygen atoms in total. The number of hydrogen-bond acceptors (Lipinski definition) is 3. The minimum atomic E-state index is -0.655. The summed E-state index contributed by atoms with van der Waals surface area (Å²) in [6.45, 7) is 6.70. The Morgan fingerprint density at radius 2 is 1.18 bits per heavy atom. The van der Waals surface area contributed by atoms with Crippen LogP contribution in [-0.2, 0) is 4.79 Å². The molecule has 0 spiro atoms. The van der Waals surface area contributed by atoms with Gasteiger partial charge in [0.1, 0.15) is 0 Å². The molecule has 1 aliphatic heterocycles. The van der Waals surface area contributed by atoms with Crippen molar-refractivity contribution in [2.45, 2.75) is 103 Å². The summed E-state index contributed by atoms with van der Waals surface area (Å²) in [6, 6.07) is 19.4. The van der Waals surface area contributed by atoms with E-state index in [1.54, 1.807) is 0 Å². The van der Waals surface area contributed by atoms with Gasteiger partial charge in [0.2, 0.25) is 0 Å². The number of likely N-dealkylation sites (N-methyl/N-ethyl adjacent to an activating group) is 1. The molecule has 1 fully saturated rings. The van der Waals surface area contributed by atoms with Crippen molar-refractivity contribution in [3.05, 3.63) is 70.7 Å². The van der Waals surface area contributed by atoms with E-state index in [1.807, 2.05) is 12.1 Å². The van der Waals surface area contributed by atoms with Crippen molar-refractivity contribution >= 4 is 30.0 Å². The van der Waals surface area contributed by atoms with Gasteiger partial charge in [-0.1, -0.05) is 138 Å². The first-order valence-electron chi connectivity index (χ1n) is 15.5. The van der Waals surface area contributed by atoms with Crippen LogP contribution in [-0.4, -0.2) is 54.1 Å². The highest BCUT2D eigenvalue weighted by Crippen LogP contribution is 2.30. The van der Waals surface area contributed by atoms with Gasteiger partial charge in [-0.3, -0.25) is 9.69 Å². The van der Waals surface area contributed by atoms with Crippen LogP contribution in [0.15, 0.2) is 54.6 Å². The summed E-state index contributed by atoms with van der Waals surface area (Å²) >= 11 is 6.05. The maximum absolute atomic E-state index is 10.3. The molecule has 0 aliphatic carbocycles. The Morgan fingerprint density at radius 3 is 1.65 bits per heavy atom. The first-order valence-corrected chi connectivity index (χ1v) is 15.8. The van der Waals surface area contributed by atoms with Crippen molar-refractivity contribution in [2.24, 2.45) is 0 Å². The fourth-order valence-electron chi connectivity index (χ4n) is 5.27. The molecule has 1 saturated heterocycles. The lowest BCUT2D eigenvalue weighted by molar-refractivity contribution is -0.137. The molecule has 1 N–H and O–H groups in total. The van der Waals surface area contributed by atoms with Crippen LogP contribution >= 0.6 is 24.0 Å². The zero-order valence-electron chi connectivity index (χ0n) is 25.0. The molecule has 2 aromatic carbocycles. The average molecular weight is 594 g/mol. The molecule has 226 valence electrons. The molecule has 0 bridgehead atoms. The maximum Gasteiger partial charge on any atom is 0.303 e. The lowest BCUT2D eigenvalue weighted by atomic mass is 9.96. The van der Waals surface area contributed by atoms with Crippen LogP contribution in [0.25, 0.3) is 0 Å². The number of nitrogens with zero attached hydrogens (tertiary/aromatic N) is 2. The lowest BCUT2D eigenvalue weighted by Gasteiger charge is -2.38. The number of hydrogen-bond donors (Lipinski definition) is 1. The van der Waals surface area contributed by atoms with Crippen LogP contribution in [0.5, 0.6) is 0 Å². The van der Waals surface area contributed by atoms with Gasteiger partial charge in [0.15, 0.2) is 0 Å². The fraction of sp³-hybridized carbons (Fsp3) is 0.618. The molecule has 6 heteroatoms. The van der Waals surface area contributed by atoms with E-state index in [4.69, 9.17) is 16.7 Å². The molecule has 0 radical (unpaired) electrons. The van der Waals surface area contributed by atoms with Crippen molar-refractivity contribution in [1.82, 2.24) is 9.80 Å². The average Bonchev–Trinajstić information content (AvgIpc) is 2.94. The number of unbranched alkanes of at least 4 members (excludes halogenated alkanes) is 12. The zero-order valence-corrected chi connectivity index (χ0v) is 26.6. The number of carboxylic acid groups (broad SMARTS) is 1. The highest BCUT2D eigenvalue weighted by Gasteiger charge is 2.25. The number of halogens is 2. The highest BCUT2D eigenvalue weighted by atomic mass is 35.5. The second kappa shape index (κ2) is 23.0. The van der Waals surface area contributed by atoms with Crippen LogP contribution in [0.4, 0.5) is 0 Å². The standard InChI is InChI=1S/C18H21ClN2.C16H32O2.ClH/c1-20-11-13-21(14-12-20)18(15-5-3-2-4-6-15)16-7-9-17(19)10-8-16;1-2-3-4-5-6-7-8-9-10-11-12-13-14-15-16(17)18;/h2-10,18H,11-14H2,1H3;2-15H2,1H3,(H,17,18);1H. The van der Waals surface area contributed by atoms with E-state index in [0.29, 0.717) is 12.5 Å². The Kier molecular flexibility index (Phi) is 21.0. The topological polar surface area (TPSA) is 43.8 Å². The Labute approximate surface area is 255 Å². The second-order valence-electron chi connectivity index (χ2n) is 11.1. The Morgan fingerprint density at radius 1 is 0.725 bits per heavy atom. The van der Waals surface area contributed by atoms with Gasteiger partial charge in [-0.05, 0) is 36.7 Å². The van der Waals surface area contributed by atoms with Crippen LogP contribution in [0.1, 0.15) is 114 Å². The lowest BCUT2D eigenvalue weighted by Crippen LogP contribution is -2.46. The summed E-state index contributed by atoms with van der Waals surface area (Å²) in [5, 5.41) is 9.29. The summed E-state index contributed by atoms with van der Waals surface area (Å²) in [6.07, 6.45) is 17.3. The van der Waals surface area contributed by atoms with E-state index < -0.39 is 5.97 Å². The predicted octanol–water partition coefficient (Wildman–Crippen LogP) is 9.65. The smallest absolute Gasteiger partial charge is 0.303 e. The summed E-state index contributed by atoms with van der Waals surface area (Å²) in [5.41, 5.74) is 2.67. The van der Waals surface area contributed by atoms with Crippen molar-refractivity contribution in [3.8, 4) is 0 Å². The van der Waals surface area contributed by atoms with Crippen LogP contribution in [0, 0.1) is 0 Å². The van der Waals surface area contributed by atoms with E-state index >= 15 is 0 Å². The molecule has 2 aromatic rings. The van der Waals surface area contributed by atoms with E-state index in [-0.39, 0.29) is 12.4 Å². The van der Waals surface area contributed by atoms with Gasteiger partial charge in [0.05, 0.1) is 6.04 Å². The first kappa shape index (κ1) is 36.4. The third-order valence-electron chi connectivity index (χ3n) is 7.70. The van der Waals surface area contributed by atoms with Gasteiger partial charge < -0.3 is 10.0 Å². The monoisotopic (exact) mass is 592 g/mol. The normalized spacial score (nSPS) is 14.6. The van der Waals surface area contributed by atoms with Crippen molar-refractivity contribution < 1.29 is 9.90 Å². The third-order valence-corrected chi connectivity index (χ3v) is 7.95. The number of carboxylic acids is 1. The summed E-state index contributed by atoms with van der Waals surface area (Å²) in [4.78, 5) is 15.3. The van der Waals surface area contributed by atoms with E-state index in [1.165, 1.54) is 81.8 Å². The van der Waals surface area contributed by atoms with E-state index in [9.17, 15) is 4.79 Å². The maximum atomic E-state index is 10.3. The molecule has 3 rings (SSSR count). The van der Waals surface area contributed by atoms with Gasteiger partial charge >= 0.3 is 5.97 Å². The van der Waals surface area contributed by atoms with Gasteiger partial charge in [0, 0.05) is 37.6 Å². The van der Waals surface area contributed by atoms with Gasteiger partial charge in [-0.2, -0.15) is 0 Å². The Balaban J connectivity index is 0.000000397. The summed E-state index contributed by atoms with van der Waals surface area (Å²) in [5.74, 6) is -0.655. The Bertz CT molecular complexity index is 871. The van der Waals surface area contributed by atoms with Crippen LogP contribution < -0.4 is 0 Å². The van der Waals surface area contributed by atoms with E-state index in [0.717, 1.165) is 44.0 Å². The largest absolute Gasteiger partial charge is 0.481 e. The molecule has 0 amide bonds. The predicted molar refractivity (Wildman–Crippen MR) is 174 cm³/mol. The Hall–Kier alpha value is -1.59. The third kappa shape index (κ3) is 16.0. The number of benzene rings is 2. The summed E-state index contributed by atoms with van der Waals surface area (Å²) in [7, 11) is 2.19.